The number of ether oxygens (including phenoxy) is 1. The van der Waals surface area contributed by atoms with Crippen molar-refractivity contribution in [1.29, 1.82) is 0 Å². The lowest BCUT2D eigenvalue weighted by Crippen LogP contribution is -2.15. The van der Waals surface area contributed by atoms with Crippen LogP contribution in [0.4, 0.5) is 11.7 Å². The maximum Gasteiger partial charge on any atom is 0.322 e. The number of amides is 1. The molecule has 0 fully saturated rings. The van der Waals surface area contributed by atoms with E-state index in [0.717, 1.165) is 0 Å². The first-order valence-electron chi connectivity index (χ1n) is 5.72. The number of hydrogen-bond donors (Lipinski definition) is 2. The summed E-state index contributed by atoms with van der Waals surface area (Å²) >= 11 is 0. The molecule has 7 heteroatoms. The van der Waals surface area contributed by atoms with Crippen molar-refractivity contribution in [3.05, 3.63) is 30.2 Å². The molecule has 0 aliphatic carbocycles. The van der Waals surface area contributed by atoms with Crippen molar-refractivity contribution in [3.8, 4) is 5.75 Å². The number of hydrogen-bond acceptors (Lipinski definition) is 6. The van der Waals surface area contributed by atoms with Gasteiger partial charge in [0.2, 0.25) is 11.8 Å². The molecule has 3 N–H and O–H groups in total. The van der Waals surface area contributed by atoms with E-state index in [1.807, 2.05) is 0 Å². The molecule has 7 nitrogen and oxygen atoms in total. The average Bonchev–Trinajstić information content (AvgIpc) is 2.75. The largest absolute Gasteiger partial charge is 0.493 e. The Labute approximate surface area is 109 Å². The predicted octanol–water partition coefficient (Wildman–Crippen LogP) is 1.37. The number of nitrogen functional groups attached to an aromatic ring is 1. The number of carbonyl (C=O) groups excluding carboxylic acids is 1. The van der Waals surface area contributed by atoms with E-state index in [9.17, 15) is 4.79 Å². The highest BCUT2D eigenvalue weighted by molar-refractivity contribution is 5.88. The summed E-state index contributed by atoms with van der Waals surface area (Å²) in [6.45, 7) is 1.88. The molecule has 2 aromatic rings. The number of carbonyl (C=O) groups is 1. The van der Waals surface area contributed by atoms with Gasteiger partial charge in [-0.25, -0.2) is 0 Å². The molecule has 0 atom stereocenters. The molecule has 0 radical (unpaired) electrons. The standard InChI is InChI=1S/C12H14N4O3/c1-8-15-16-12(19-8)14-11(17)5-6-18-10-4-2-3-9(13)7-10/h2-4,7H,5-6,13H2,1H3,(H,14,16,17). The molecule has 1 heterocycles. The highest BCUT2D eigenvalue weighted by Crippen LogP contribution is 2.14. The van der Waals surface area contributed by atoms with Crippen molar-refractivity contribution in [2.75, 3.05) is 17.7 Å². The number of aromatic nitrogens is 2. The lowest BCUT2D eigenvalue weighted by atomic mass is 10.3. The molecule has 1 amide bonds. The van der Waals surface area contributed by atoms with Crippen LogP contribution in [-0.2, 0) is 4.79 Å². The molecule has 0 saturated heterocycles. The summed E-state index contributed by atoms with van der Waals surface area (Å²) in [6.07, 6.45) is 0.177. The highest BCUT2D eigenvalue weighted by Gasteiger charge is 2.07. The SMILES string of the molecule is Cc1nnc(NC(=O)CCOc2cccc(N)c2)o1. The molecule has 0 aliphatic rings. The van der Waals surface area contributed by atoms with Crippen LogP contribution in [0.3, 0.4) is 0 Å². The average molecular weight is 262 g/mol. The van der Waals surface area contributed by atoms with Crippen LogP contribution in [0.1, 0.15) is 12.3 Å². The molecule has 0 bridgehead atoms. The van der Waals surface area contributed by atoms with Crippen LogP contribution in [0.15, 0.2) is 28.7 Å². The van der Waals surface area contributed by atoms with E-state index in [4.69, 9.17) is 14.9 Å². The number of nitrogens with zero attached hydrogens (tertiary/aromatic N) is 2. The van der Waals surface area contributed by atoms with Gasteiger partial charge in [0.15, 0.2) is 0 Å². The Hall–Kier alpha value is -2.57. The second-order valence-corrected chi connectivity index (χ2v) is 3.85. The van der Waals surface area contributed by atoms with Gasteiger partial charge in [-0.3, -0.25) is 10.1 Å². The number of rotatable bonds is 5. The smallest absolute Gasteiger partial charge is 0.322 e. The summed E-state index contributed by atoms with van der Waals surface area (Å²) in [5.41, 5.74) is 6.22. The fraction of sp³-hybridized carbons (Fsp3) is 0.250. The minimum absolute atomic E-state index is 0.0893. The fourth-order valence-electron chi connectivity index (χ4n) is 1.39. The van der Waals surface area contributed by atoms with Crippen LogP contribution in [0.25, 0.3) is 0 Å². The third-order valence-corrected chi connectivity index (χ3v) is 2.23. The van der Waals surface area contributed by atoms with E-state index in [0.29, 0.717) is 17.3 Å². The molecule has 1 aromatic heterocycles. The molecule has 19 heavy (non-hydrogen) atoms. The molecule has 100 valence electrons. The number of benzene rings is 1. The normalized spacial score (nSPS) is 10.2. The Bertz CT molecular complexity index is 568. The monoisotopic (exact) mass is 262 g/mol. The van der Waals surface area contributed by atoms with Crippen LogP contribution in [-0.4, -0.2) is 22.7 Å². The first-order valence-corrected chi connectivity index (χ1v) is 5.72. The summed E-state index contributed by atoms with van der Waals surface area (Å²) in [6, 6.07) is 7.10. The van der Waals surface area contributed by atoms with Gasteiger partial charge in [0.25, 0.3) is 0 Å². The topological polar surface area (TPSA) is 103 Å². The van der Waals surface area contributed by atoms with Gasteiger partial charge in [0, 0.05) is 18.7 Å². The number of aryl methyl sites for hydroxylation is 1. The van der Waals surface area contributed by atoms with Crippen LogP contribution in [0.2, 0.25) is 0 Å². The van der Waals surface area contributed by atoms with Gasteiger partial charge in [0.05, 0.1) is 13.0 Å². The molecular formula is C12H14N4O3. The van der Waals surface area contributed by atoms with Crippen molar-refractivity contribution < 1.29 is 13.9 Å². The Morgan fingerprint density at radius 2 is 2.32 bits per heavy atom. The van der Waals surface area contributed by atoms with Gasteiger partial charge in [0.1, 0.15) is 5.75 Å². The maximum absolute atomic E-state index is 11.5. The molecule has 2 rings (SSSR count). The molecular weight excluding hydrogens is 248 g/mol. The summed E-state index contributed by atoms with van der Waals surface area (Å²) < 4.78 is 10.4. The summed E-state index contributed by atoms with van der Waals surface area (Å²) in [4.78, 5) is 11.5. The summed E-state index contributed by atoms with van der Waals surface area (Å²) in [5, 5.41) is 9.73. The molecule has 0 spiro atoms. The van der Waals surface area contributed by atoms with Gasteiger partial charge < -0.3 is 14.9 Å². The fourth-order valence-corrected chi connectivity index (χ4v) is 1.39. The lowest BCUT2D eigenvalue weighted by Gasteiger charge is -2.06. The predicted molar refractivity (Wildman–Crippen MR) is 68.6 cm³/mol. The van der Waals surface area contributed by atoms with E-state index in [1.165, 1.54) is 0 Å². The Morgan fingerprint density at radius 3 is 3.00 bits per heavy atom. The van der Waals surface area contributed by atoms with Crippen molar-refractivity contribution in [3.63, 3.8) is 0 Å². The quantitative estimate of drug-likeness (QED) is 0.789. The molecule has 0 unspecified atom stereocenters. The van der Waals surface area contributed by atoms with Crippen LogP contribution in [0.5, 0.6) is 5.75 Å². The van der Waals surface area contributed by atoms with Crippen molar-refractivity contribution in [2.24, 2.45) is 0 Å². The first kappa shape index (κ1) is 12.9. The first-order chi connectivity index (χ1) is 9.13. The van der Waals surface area contributed by atoms with E-state index in [2.05, 4.69) is 15.5 Å². The summed E-state index contributed by atoms with van der Waals surface area (Å²) in [7, 11) is 0. The van der Waals surface area contributed by atoms with Gasteiger partial charge in [-0.1, -0.05) is 11.2 Å². The zero-order chi connectivity index (χ0) is 13.7. The van der Waals surface area contributed by atoms with Crippen LogP contribution in [0, 0.1) is 6.92 Å². The van der Waals surface area contributed by atoms with E-state index < -0.39 is 0 Å². The van der Waals surface area contributed by atoms with Crippen molar-refractivity contribution >= 4 is 17.6 Å². The van der Waals surface area contributed by atoms with Gasteiger partial charge in [-0.05, 0) is 12.1 Å². The number of nitrogens with two attached hydrogens (primary N) is 1. The van der Waals surface area contributed by atoms with Crippen molar-refractivity contribution in [1.82, 2.24) is 10.2 Å². The number of anilines is 2. The van der Waals surface area contributed by atoms with E-state index in [-0.39, 0.29) is 24.9 Å². The van der Waals surface area contributed by atoms with Gasteiger partial charge in [-0.2, -0.15) is 0 Å². The minimum atomic E-state index is -0.257. The third-order valence-electron chi connectivity index (χ3n) is 2.23. The van der Waals surface area contributed by atoms with E-state index in [1.54, 1.807) is 31.2 Å². The third kappa shape index (κ3) is 3.98. The molecule has 0 saturated carbocycles. The Balaban J connectivity index is 1.75. The Morgan fingerprint density at radius 1 is 1.47 bits per heavy atom. The second-order valence-electron chi connectivity index (χ2n) is 3.85. The Kier molecular flexibility index (Phi) is 3.97. The zero-order valence-electron chi connectivity index (χ0n) is 10.4. The van der Waals surface area contributed by atoms with Crippen LogP contribution < -0.4 is 15.8 Å². The molecule has 1 aromatic carbocycles. The molecule has 0 aliphatic heterocycles. The summed E-state index contributed by atoms with van der Waals surface area (Å²) in [5.74, 6) is 0.764. The lowest BCUT2D eigenvalue weighted by molar-refractivity contribution is -0.116. The van der Waals surface area contributed by atoms with Crippen molar-refractivity contribution in [2.45, 2.75) is 13.3 Å². The van der Waals surface area contributed by atoms with E-state index >= 15 is 0 Å². The second kappa shape index (κ2) is 5.85. The number of nitrogens with one attached hydrogen (secondary N) is 1. The zero-order valence-corrected chi connectivity index (χ0v) is 10.4. The van der Waals surface area contributed by atoms with Gasteiger partial charge in [-0.15, -0.1) is 5.10 Å². The highest BCUT2D eigenvalue weighted by atomic mass is 16.5. The van der Waals surface area contributed by atoms with Crippen LogP contribution >= 0.6 is 0 Å². The minimum Gasteiger partial charge on any atom is -0.493 e. The van der Waals surface area contributed by atoms with Gasteiger partial charge >= 0.3 is 6.01 Å². The maximum atomic E-state index is 11.5.